The van der Waals surface area contributed by atoms with E-state index in [9.17, 15) is 0 Å². The quantitative estimate of drug-likeness (QED) is 0.163. The Bertz CT molecular complexity index is 1830. The minimum absolute atomic E-state index is 0.548. The van der Waals surface area contributed by atoms with Gasteiger partial charge in [-0.15, -0.1) is 0 Å². The van der Waals surface area contributed by atoms with E-state index in [0.29, 0.717) is 23.4 Å². The molecule has 0 bridgehead atoms. The first kappa shape index (κ1) is 22.4. The molecule has 0 radical (unpaired) electrons. The molecule has 4 heteroatoms. The van der Waals surface area contributed by atoms with E-state index in [0.717, 1.165) is 0 Å². The predicted octanol–water partition coefficient (Wildman–Crippen LogP) is 8.79. The molecule has 1 aromatic heterocycles. The van der Waals surface area contributed by atoms with Crippen LogP contribution in [0.1, 0.15) is 11.1 Å². The highest BCUT2D eigenvalue weighted by Crippen LogP contribution is 2.27. The van der Waals surface area contributed by atoms with E-state index in [4.69, 9.17) is 23.2 Å². The number of hydrogen-bond acceptors (Lipinski definition) is 0. The number of hydrogen-bond donors (Lipinski definition) is 0. The van der Waals surface area contributed by atoms with Crippen LogP contribution in [0.4, 0.5) is 0 Å². The fourth-order valence-electron chi connectivity index (χ4n) is 5.30. The van der Waals surface area contributed by atoms with Gasteiger partial charge in [-0.1, -0.05) is 72.8 Å². The van der Waals surface area contributed by atoms with Crippen LogP contribution in [0.2, 0.25) is 10.3 Å². The Balaban J connectivity index is 1.19. The first-order chi connectivity index (χ1) is 18.1. The van der Waals surface area contributed by atoms with Gasteiger partial charge in [0.05, 0.1) is 0 Å². The number of nitrogens with zero attached hydrogens (tertiary/aromatic N) is 2. The summed E-state index contributed by atoms with van der Waals surface area (Å²) in [5, 5.41) is 11.0. The zero-order chi connectivity index (χ0) is 24.9. The predicted molar refractivity (Wildman–Crippen MR) is 156 cm³/mol. The van der Waals surface area contributed by atoms with Crippen molar-refractivity contribution in [1.29, 1.82) is 0 Å². The van der Waals surface area contributed by atoms with Gasteiger partial charge < -0.3 is 0 Å². The lowest BCUT2D eigenvalue weighted by Gasteiger charge is -2.05. The number of imidazole rings is 1. The molecule has 0 saturated carbocycles. The Morgan fingerprint density at radius 1 is 0.514 bits per heavy atom. The minimum Gasteiger partial charge on any atom is -0.215 e. The van der Waals surface area contributed by atoms with Crippen molar-refractivity contribution in [2.45, 2.75) is 13.1 Å². The van der Waals surface area contributed by atoms with E-state index in [-0.39, 0.29) is 0 Å². The molecule has 2 nitrogen and oxygen atoms in total. The SMILES string of the molecule is Clc1c(Cl)[n+](Cc2ccc3cc4ccccc4cc3c2)cn1Cc1ccc2cc3ccccc3cc2c1. The van der Waals surface area contributed by atoms with Crippen molar-refractivity contribution in [3.63, 3.8) is 0 Å². The van der Waals surface area contributed by atoms with E-state index < -0.39 is 0 Å². The molecule has 0 N–H and O–H groups in total. The normalized spacial score (nSPS) is 11.7. The van der Waals surface area contributed by atoms with Crippen molar-refractivity contribution in [3.8, 4) is 0 Å². The Labute approximate surface area is 224 Å². The van der Waals surface area contributed by atoms with Gasteiger partial charge in [-0.2, -0.15) is 0 Å². The van der Waals surface area contributed by atoms with Gasteiger partial charge in [0.15, 0.2) is 0 Å². The highest BCUT2D eigenvalue weighted by molar-refractivity contribution is 6.39. The largest absolute Gasteiger partial charge is 0.255 e. The molecule has 6 aromatic carbocycles. The third-order valence-electron chi connectivity index (χ3n) is 7.20. The summed E-state index contributed by atoms with van der Waals surface area (Å²) in [5.41, 5.74) is 2.36. The van der Waals surface area contributed by atoms with Gasteiger partial charge in [-0.25, -0.2) is 9.13 Å². The molecule has 178 valence electrons. The van der Waals surface area contributed by atoms with Gasteiger partial charge in [-0.05, 0) is 114 Å². The number of aromatic nitrogens is 2. The maximum absolute atomic E-state index is 6.70. The van der Waals surface area contributed by atoms with Crippen LogP contribution in [0.15, 0.2) is 116 Å². The van der Waals surface area contributed by atoms with Crippen LogP contribution in [-0.2, 0) is 13.1 Å². The standard InChI is InChI=1S/C33H23Cl2N2/c34-32-33(35)37(20-23-10-12-29-16-25-6-2-4-8-27(25)18-31(29)14-23)21-36(32)19-22-9-11-28-15-24-5-1-3-7-26(24)17-30(28)13-22/h1-18,21H,19-20H2/q+1. The van der Waals surface area contributed by atoms with Gasteiger partial charge in [0, 0.05) is 0 Å². The smallest absolute Gasteiger partial charge is 0.215 e. The molecule has 0 fully saturated rings. The van der Waals surface area contributed by atoms with Gasteiger partial charge in [0.1, 0.15) is 13.1 Å². The van der Waals surface area contributed by atoms with Gasteiger partial charge in [0.25, 0.3) is 10.3 Å². The molecule has 7 aromatic rings. The number of rotatable bonds is 4. The van der Waals surface area contributed by atoms with Gasteiger partial charge >= 0.3 is 0 Å². The van der Waals surface area contributed by atoms with Crippen molar-refractivity contribution in [2.24, 2.45) is 0 Å². The molecule has 1 heterocycles. The van der Waals surface area contributed by atoms with Gasteiger partial charge in [0.2, 0.25) is 6.33 Å². The van der Waals surface area contributed by atoms with Crippen LogP contribution < -0.4 is 4.57 Å². The molecule has 0 saturated heterocycles. The van der Waals surface area contributed by atoms with Crippen LogP contribution in [-0.4, -0.2) is 4.57 Å². The Hall–Kier alpha value is -3.85. The van der Waals surface area contributed by atoms with E-state index in [1.54, 1.807) is 0 Å². The Morgan fingerprint density at radius 2 is 0.973 bits per heavy atom. The summed E-state index contributed by atoms with van der Waals surface area (Å²) in [5.74, 6) is 0. The van der Waals surface area contributed by atoms with Crippen molar-refractivity contribution in [3.05, 3.63) is 137 Å². The van der Waals surface area contributed by atoms with Crippen LogP contribution in [0.25, 0.3) is 43.1 Å². The maximum Gasteiger partial charge on any atom is 0.255 e. The first-order valence-corrected chi connectivity index (χ1v) is 13.1. The van der Waals surface area contributed by atoms with Crippen LogP contribution >= 0.6 is 23.2 Å². The fraction of sp³-hybridized carbons (Fsp3) is 0.0606. The topological polar surface area (TPSA) is 8.81 Å². The zero-order valence-corrected chi connectivity index (χ0v) is 21.5. The fourth-order valence-corrected chi connectivity index (χ4v) is 5.72. The highest BCUT2D eigenvalue weighted by Gasteiger charge is 2.21. The summed E-state index contributed by atoms with van der Waals surface area (Å²) in [4.78, 5) is 0. The second-order valence-corrected chi connectivity index (χ2v) is 10.4. The Morgan fingerprint density at radius 3 is 1.54 bits per heavy atom. The van der Waals surface area contributed by atoms with E-state index in [2.05, 4.69) is 109 Å². The van der Waals surface area contributed by atoms with Crippen molar-refractivity contribution in [2.75, 3.05) is 0 Å². The molecular weight excluding hydrogens is 495 g/mol. The second kappa shape index (κ2) is 8.92. The van der Waals surface area contributed by atoms with Crippen LogP contribution in [0.3, 0.4) is 0 Å². The molecule has 7 rings (SSSR count). The van der Waals surface area contributed by atoms with Crippen LogP contribution in [0.5, 0.6) is 0 Å². The summed E-state index contributed by atoms with van der Waals surface area (Å²) in [7, 11) is 0. The number of benzene rings is 6. The summed E-state index contributed by atoms with van der Waals surface area (Å²) >= 11 is 13.4. The number of fused-ring (bicyclic) bond motifs is 4. The van der Waals surface area contributed by atoms with Crippen molar-refractivity contribution >= 4 is 66.3 Å². The lowest BCUT2D eigenvalue weighted by molar-refractivity contribution is -0.685. The highest BCUT2D eigenvalue weighted by atomic mass is 35.5. The third kappa shape index (κ3) is 4.13. The van der Waals surface area contributed by atoms with Gasteiger partial charge in [-0.3, -0.25) is 0 Å². The molecule has 0 atom stereocenters. The lowest BCUT2D eigenvalue weighted by Crippen LogP contribution is -2.33. The average Bonchev–Trinajstić information content (AvgIpc) is 3.18. The molecule has 0 amide bonds. The summed E-state index contributed by atoms with van der Waals surface area (Å²) in [6.45, 7) is 1.30. The maximum atomic E-state index is 6.70. The second-order valence-electron chi connectivity index (χ2n) is 9.71. The van der Waals surface area contributed by atoms with Crippen molar-refractivity contribution < 1.29 is 4.57 Å². The zero-order valence-electron chi connectivity index (χ0n) is 20.0. The minimum atomic E-state index is 0.548. The average molecular weight is 518 g/mol. The monoisotopic (exact) mass is 517 g/mol. The molecule has 0 spiro atoms. The van der Waals surface area contributed by atoms with E-state index in [1.807, 2.05) is 15.5 Å². The third-order valence-corrected chi connectivity index (χ3v) is 8.09. The van der Waals surface area contributed by atoms with Crippen molar-refractivity contribution in [1.82, 2.24) is 4.57 Å². The van der Waals surface area contributed by atoms with E-state index in [1.165, 1.54) is 54.2 Å². The number of halogens is 2. The van der Waals surface area contributed by atoms with Crippen LogP contribution in [0, 0.1) is 0 Å². The molecule has 0 aliphatic heterocycles. The summed E-state index contributed by atoms with van der Waals surface area (Å²) < 4.78 is 4.03. The summed E-state index contributed by atoms with van der Waals surface area (Å²) in [6.07, 6.45) is 2.01. The molecular formula is C33H23Cl2N2+. The first-order valence-electron chi connectivity index (χ1n) is 12.4. The molecule has 0 aliphatic rings. The van der Waals surface area contributed by atoms with E-state index >= 15 is 0 Å². The Kier molecular flexibility index (Phi) is 5.39. The molecule has 0 unspecified atom stereocenters. The molecule has 0 aliphatic carbocycles. The lowest BCUT2D eigenvalue weighted by atomic mass is 10.0. The summed E-state index contributed by atoms with van der Waals surface area (Å²) in [6, 6.07) is 39.1. The molecule has 37 heavy (non-hydrogen) atoms.